The fourth-order valence-corrected chi connectivity index (χ4v) is 2.42. The van der Waals surface area contributed by atoms with E-state index in [1.54, 1.807) is 6.08 Å². The lowest BCUT2D eigenvalue weighted by atomic mass is 10.2. The minimum absolute atomic E-state index is 0.327. The zero-order valence-corrected chi connectivity index (χ0v) is 13.7. The third kappa shape index (κ3) is 3.43. The van der Waals surface area contributed by atoms with E-state index < -0.39 is 5.97 Å². The molecule has 2 aromatic rings. The topological polar surface area (TPSA) is 66.2 Å². The Kier molecular flexibility index (Phi) is 4.98. The first-order chi connectivity index (χ1) is 10.1. The number of ether oxygens (including phenoxy) is 1. The first kappa shape index (κ1) is 15.5. The maximum atomic E-state index is 11.9. The van der Waals surface area contributed by atoms with Crippen molar-refractivity contribution in [3.63, 3.8) is 0 Å². The third-order valence-corrected chi connectivity index (χ3v) is 3.54. The van der Waals surface area contributed by atoms with Crippen LogP contribution >= 0.6 is 28.1 Å². The Bertz CT molecular complexity index is 712. The second-order valence-corrected chi connectivity index (χ2v) is 5.50. The number of fused-ring (bicyclic) bond motifs is 1. The zero-order chi connectivity index (χ0) is 15.4. The number of halogens is 1. The molecule has 2 rings (SSSR count). The number of carbonyl (C=O) groups is 1. The maximum Gasteiger partial charge on any atom is 0.356 e. The van der Waals surface area contributed by atoms with E-state index in [2.05, 4.69) is 38.1 Å². The van der Waals surface area contributed by atoms with Crippen molar-refractivity contribution in [1.82, 2.24) is 10.3 Å². The summed E-state index contributed by atoms with van der Waals surface area (Å²) in [4.78, 5) is 14.9. The number of rotatable bonds is 4. The fraction of sp³-hybridized carbons (Fsp3) is 0.143. The number of nitrogens with one attached hydrogen (secondary N) is 3. The largest absolute Gasteiger partial charge is 0.464 e. The number of hydrogen-bond acceptors (Lipinski definition) is 3. The zero-order valence-electron chi connectivity index (χ0n) is 11.3. The lowest BCUT2D eigenvalue weighted by Crippen LogP contribution is -2.29. The van der Waals surface area contributed by atoms with Crippen LogP contribution in [0.5, 0.6) is 0 Å². The molecule has 0 aliphatic carbocycles. The van der Waals surface area contributed by atoms with Crippen LogP contribution in [0, 0.1) is 0 Å². The van der Waals surface area contributed by atoms with Crippen molar-refractivity contribution in [3.8, 4) is 0 Å². The van der Waals surface area contributed by atoms with E-state index in [1.165, 1.54) is 7.11 Å². The lowest BCUT2D eigenvalue weighted by molar-refractivity contribution is 0.0596. The second-order valence-electron chi connectivity index (χ2n) is 4.18. The number of carbonyl (C=O) groups excluding carboxylic acids is 1. The normalized spacial score (nSPS) is 10.2. The standard InChI is InChI=1S/C14H14BrN3O2S/c1-3-6-16-14(21)18-11-9-7-8(15)4-5-10(9)17-12(11)13(19)20-2/h3-5,7,17H,1,6H2,2H3,(H2,16,18,21). The number of methoxy groups -OCH3 is 1. The number of hydrogen-bond donors (Lipinski definition) is 3. The number of aromatic amines is 1. The molecule has 1 aromatic carbocycles. The van der Waals surface area contributed by atoms with Gasteiger partial charge in [0.2, 0.25) is 0 Å². The van der Waals surface area contributed by atoms with Crippen molar-refractivity contribution in [3.05, 3.63) is 41.0 Å². The smallest absolute Gasteiger partial charge is 0.356 e. The molecule has 5 nitrogen and oxygen atoms in total. The molecule has 0 saturated heterocycles. The highest BCUT2D eigenvalue weighted by atomic mass is 79.9. The van der Waals surface area contributed by atoms with Gasteiger partial charge in [0.25, 0.3) is 0 Å². The molecule has 0 fully saturated rings. The van der Waals surface area contributed by atoms with Gasteiger partial charge in [-0.05, 0) is 30.4 Å². The summed E-state index contributed by atoms with van der Waals surface area (Å²) in [6.45, 7) is 4.15. The molecule has 0 bridgehead atoms. The quantitative estimate of drug-likeness (QED) is 0.440. The van der Waals surface area contributed by atoms with Gasteiger partial charge in [0.1, 0.15) is 5.69 Å². The summed E-state index contributed by atoms with van der Waals surface area (Å²) in [6, 6.07) is 5.66. The number of benzene rings is 1. The van der Waals surface area contributed by atoms with Crippen LogP contribution in [0.25, 0.3) is 10.9 Å². The first-order valence-electron chi connectivity index (χ1n) is 6.12. The Morgan fingerprint density at radius 3 is 3.00 bits per heavy atom. The summed E-state index contributed by atoms with van der Waals surface area (Å²) >= 11 is 8.62. The van der Waals surface area contributed by atoms with Crippen LogP contribution in [0.1, 0.15) is 10.5 Å². The predicted molar refractivity (Wildman–Crippen MR) is 91.8 cm³/mol. The van der Waals surface area contributed by atoms with Gasteiger partial charge in [-0.25, -0.2) is 4.79 Å². The Labute approximate surface area is 135 Å². The Morgan fingerprint density at radius 1 is 1.57 bits per heavy atom. The van der Waals surface area contributed by atoms with Gasteiger partial charge in [-0.2, -0.15) is 0 Å². The number of thiocarbonyl (C=S) groups is 1. The number of esters is 1. The van der Waals surface area contributed by atoms with Crippen molar-refractivity contribution < 1.29 is 9.53 Å². The molecule has 0 aliphatic heterocycles. The highest BCUT2D eigenvalue weighted by Gasteiger charge is 2.19. The van der Waals surface area contributed by atoms with E-state index in [9.17, 15) is 4.79 Å². The van der Waals surface area contributed by atoms with E-state index in [-0.39, 0.29) is 0 Å². The Hall–Kier alpha value is -1.86. The van der Waals surface area contributed by atoms with Crippen LogP contribution in [0.15, 0.2) is 35.3 Å². The predicted octanol–water partition coefficient (Wildman–Crippen LogP) is 3.19. The highest BCUT2D eigenvalue weighted by molar-refractivity contribution is 9.10. The van der Waals surface area contributed by atoms with E-state index >= 15 is 0 Å². The van der Waals surface area contributed by atoms with Crippen molar-refractivity contribution in [2.45, 2.75) is 0 Å². The van der Waals surface area contributed by atoms with Crippen LogP contribution in [0.4, 0.5) is 5.69 Å². The number of H-pyrrole nitrogens is 1. The number of aromatic nitrogens is 1. The summed E-state index contributed by atoms with van der Waals surface area (Å²) in [5.74, 6) is -0.462. The molecule has 7 heteroatoms. The van der Waals surface area contributed by atoms with Gasteiger partial charge < -0.3 is 20.4 Å². The van der Waals surface area contributed by atoms with Gasteiger partial charge in [-0.1, -0.05) is 22.0 Å². The van der Waals surface area contributed by atoms with Crippen LogP contribution in [-0.2, 0) is 4.74 Å². The second kappa shape index (κ2) is 6.73. The molecule has 0 unspecified atom stereocenters. The molecule has 0 aliphatic rings. The highest BCUT2D eigenvalue weighted by Crippen LogP contribution is 2.30. The lowest BCUT2D eigenvalue weighted by Gasteiger charge is -2.09. The molecule has 0 atom stereocenters. The van der Waals surface area contributed by atoms with Crippen LogP contribution in [0.2, 0.25) is 0 Å². The van der Waals surface area contributed by atoms with Gasteiger partial charge in [-0.3, -0.25) is 0 Å². The van der Waals surface area contributed by atoms with Gasteiger partial charge in [0.15, 0.2) is 5.11 Å². The Balaban J connectivity index is 2.46. The molecule has 110 valence electrons. The van der Waals surface area contributed by atoms with Crippen LogP contribution < -0.4 is 10.6 Å². The molecule has 21 heavy (non-hydrogen) atoms. The minimum atomic E-state index is -0.462. The molecule has 1 heterocycles. The van der Waals surface area contributed by atoms with Crippen LogP contribution in [-0.4, -0.2) is 29.7 Å². The molecule has 0 radical (unpaired) electrons. The molecule has 1 aromatic heterocycles. The molecule has 0 saturated carbocycles. The van der Waals surface area contributed by atoms with Gasteiger partial charge in [-0.15, -0.1) is 6.58 Å². The minimum Gasteiger partial charge on any atom is -0.464 e. The average molecular weight is 368 g/mol. The SMILES string of the molecule is C=CCNC(=S)Nc1c(C(=O)OC)[nH]c2ccc(Br)cc12. The van der Waals surface area contributed by atoms with Crippen molar-refractivity contribution in [2.24, 2.45) is 0 Å². The van der Waals surface area contributed by atoms with Gasteiger partial charge in [0.05, 0.1) is 12.8 Å². The first-order valence-corrected chi connectivity index (χ1v) is 7.32. The van der Waals surface area contributed by atoms with E-state index in [0.29, 0.717) is 23.0 Å². The van der Waals surface area contributed by atoms with Crippen molar-refractivity contribution in [1.29, 1.82) is 0 Å². The molecule has 0 amide bonds. The van der Waals surface area contributed by atoms with E-state index in [1.807, 2.05) is 18.2 Å². The molecular formula is C14H14BrN3O2S. The van der Waals surface area contributed by atoms with E-state index in [4.69, 9.17) is 17.0 Å². The summed E-state index contributed by atoms with van der Waals surface area (Å²) in [6.07, 6.45) is 1.70. The van der Waals surface area contributed by atoms with Gasteiger partial charge >= 0.3 is 5.97 Å². The fourth-order valence-electron chi connectivity index (χ4n) is 1.87. The number of anilines is 1. The summed E-state index contributed by atoms with van der Waals surface area (Å²) in [5, 5.41) is 7.23. The molecular weight excluding hydrogens is 354 g/mol. The summed E-state index contributed by atoms with van der Waals surface area (Å²) in [7, 11) is 1.34. The van der Waals surface area contributed by atoms with E-state index in [0.717, 1.165) is 15.4 Å². The molecule has 3 N–H and O–H groups in total. The maximum absolute atomic E-state index is 11.9. The van der Waals surface area contributed by atoms with Crippen molar-refractivity contribution >= 4 is 55.8 Å². The summed E-state index contributed by atoms with van der Waals surface area (Å²) in [5.41, 5.74) is 1.72. The van der Waals surface area contributed by atoms with Gasteiger partial charge in [0, 0.05) is 21.9 Å². The summed E-state index contributed by atoms with van der Waals surface area (Å²) < 4.78 is 5.70. The monoisotopic (exact) mass is 367 g/mol. The Morgan fingerprint density at radius 2 is 2.33 bits per heavy atom. The van der Waals surface area contributed by atoms with Crippen LogP contribution in [0.3, 0.4) is 0 Å². The van der Waals surface area contributed by atoms with Crippen molar-refractivity contribution in [2.75, 3.05) is 19.0 Å². The molecule has 0 spiro atoms. The third-order valence-electron chi connectivity index (χ3n) is 2.80. The average Bonchev–Trinajstić information content (AvgIpc) is 2.82.